The second-order valence-electron chi connectivity index (χ2n) is 10.5. The Morgan fingerprint density at radius 1 is 0.902 bits per heavy atom. The van der Waals surface area contributed by atoms with Crippen LogP contribution in [0, 0.1) is 11.8 Å². The standard InChI is InChI=1S/C30H28ClN3O7/c1-40-23-8-4-15(13-24(23)41-2)9-10-34-27(37)25-20(11-16-3-7-21(35)22(36)12-16)33-30(26(25)28(34)38)18-14-17(31)5-6-19(18)32-29(30)39/h3-8,12-14,20,25-26,33,35-36H,9-11H2,1-2H3,(H,32,39)/t20-,25-,26+,30-/m1/s1. The summed E-state index contributed by atoms with van der Waals surface area (Å²) in [6, 6.07) is 14.2. The summed E-state index contributed by atoms with van der Waals surface area (Å²) in [4.78, 5) is 43.0. The van der Waals surface area contributed by atoms with Gasteiger partial charge in [0.05, 0.1) is 26.1 Å². The van der Waals surface area contributed by atoms with E-state index in [4.69, 9.17) is 21.1 Å². The summed E-state index contributed by atoms with van der Waals surface area (Å²) in [5.74, 6) is -2.55. The van der Waals surface area contributed by atoms with Crippen LogP contribution in [0.1, 0.15) is 16.7 Å². The summed E-state index contributed by atoms with van der Waals surface area (Å²) in [5.41, 5.74) is 1.02. The minimum absolute atomic E-state index is 0.118. The van der Waals surface area contributed by atoms with Gasteiger partial charge in [0.1, 0.15) is 5.54 Å². The van der Waals surface area contributed by atoms with Gasteiger partial charge >= 0.3 is 0 Å². The first-order chi connectivity index (χ1) is 19.7. The molecule has 6 rings (SSSR count). The molecule has 2 fully saturated rings. The Labute approximate surface area is 240 Å². The number of imide groups is 1. The molecule has 0 bridgehead atoms. The zero-order valence-electron chi connectivity index (χ0n) is 22.3. The highest BCUT2D eigenvalue weighted by Crippen LogP contribution is 2.53. The molecule has 3 aliphatic heterocycles. The molecule has 3 aromatic rings. The van der Waals surface area contributed by atoms with Crippen molar-refractivity contribution in [2.24, 2.45) is 11.8 Å². The van der Waals surface area contributed by atoms with E-state index < -0.39 is 35.2 Å². The number of carbonyl (C=O) groups is 3. The SMILES string of the molecule is COc1ccc(CCN2C(=O)[C@H]3[C@@H](C2=O)[C@@]2(N[C@@H]3Cc3ccc(O)c(O)c3)C(=O)Nc3ccc(Cl)cc32)cc1OC. The lowest BCUT2D eigenvalue weighted by molar-refractivity contribution is -0.142. The summed E-state index contributed by atoms with van der Waals surface area (Å²) in [5, 5.41) is 26.4. The van der Waals surface area contributed by atoms with Crippen LogP contribution in [-0.2, 0) is 32.8 Å². The molecule has 212 valence electrons. The number of carbonyl (C=O) groups excluding carboxylic acids is 3. The largest absolute Gasteiger partial charge is 0.504 e. The second kappa shape index (κ2) is 9.97. The number of aromatic hydroxyl groups is 2. The second-order valence-corrected chi connectivity index (χ2v) is 10.9. The third-order valence-corrected chi connectivity index (χ3v) is 8.57. The van der Waals surface area contributed by atoms with Gasteiger partial charge in [-0.2, -0.15) is 0 Å². The summed E-state index contributed by atoms with van der Waals surface area (Å²) in [7, 11) is 3.08. The van der Waals surface area contributed by atoms with Crippen molar-refractivity contribution in [1.29, 1.82) is 0 Å². The number of anilines is 1. The molecule has 0 saturated carbocycles. The normalized spacial score (nSPS) is 24.5. The quantitative estimate of drug-likeness (QED) is 0.248. The van der Waals surface area contributed by atoms with Crippen LogP contribution in [0.15, 0.2) is 54.6 Å². The summed E-state index contributed by atoms with van der Waals surface area (Å²) < 4.78 is 10.7. The number of nitrogens with one attached hydrogen (secondary N) is 2. The molecule has 3 amide bonds. The van der Waals surface area contributed by atoms with E-state index in [1.165, 1.54) is 24.1 Å². The fraction of sp³-hybridized carbons (Fsp3) is 0.300. The van der Waals surface area contributed by atoms with Gasteiger partial charge in [-0.15, -0.1) is 0 Å². The van der Waals surface area contributed by atoms with Crippen LogP contribution in [0.5, 0.6) is 23.0 Å². The Hall–Kier alpha value is -4.28. The maximum absolute atomic E-state index is 14.1. The van der Waals surface area contributed by atoms with Crippen molar-refractivity contribution in [2.45, 2.75) is 24.4 Å². The molecule has 0 unspecified atom stereocenters. The number of halogens is 1. The molecule has 2 saturated heterocycles. The van der Waals surface area contributed by atoms with Crippen LogP contribution < -0.4 is 20.1 Å². The Kier molecular flexibility index (Phi) is 6.55. The third kappa shape index (κ3) is 4.17. The molecule has 11 heteroatoms. The molecule has 3 aromatic carbocycles. The third-order valence-electron chi connectivity index (χ3n) is 8.34. The number of likely N-dealkylation sites (tertiary alicyclic amines) is 1. The molecule has 3 heterocycles. The van der Waals surface area contributed by atoms with E-state index in [0.29, 0.717) is 39.8 Å². The Morgan fingerprint density at radius 3 is 2.39 bits per heavy atom. The lowest BCUT2D eigenvalue weighted by Gasteiger charge is -2.29. The van der Waals surface area contributed by atoms with Crippen molar-refractivity contribution in [3.05, 3.63) is 76.3 Å². The highest BCUT2D eigenvalue weighted by Gasteiger charge is 2.70. The number of phenols is 2. The monoisotopic (exact) mass is 577 g/mol. The lowest BCUT2D eigenvalue weighted by Crippen LogP contribution is -2.53. The van der Waals surface area contributed by atoms with E-state index in [2.05, 4.69) is 10.6 Å². The molecular formula is C30H28ClN3O7. The van der Waals surface area contributed by atoms with Crippen LogP contribution in [0.4, 0.5) is 5.69 Å². The average molecular weight is 578 g/mol. The lowest BCUT2D eigenvalue weighted by atomic mass is 9.76. The zero-order chi connectivity index (χ0) is 29.1. The minimum atomic E-state index is -1.50. The molecule has 4 N–H and O–H groups in total. The van der Waals surface area contributed by atoms with Crippen molar-refractivity contribution in [1.82, 2.24) is 10.2 Å². The zero-order valence-corrected chi connectivity index (χ0v) is 23.1. The molecule has 41 heavy (non-hydrogen) atoms. The Bertz CT molecular complexity index is 1590. The van der Waals surface area contributed by atoms with E-state index in [9.17, 15) is 24.6 Å². The number of hydrogen-bond acceptors (Lipinski definition) is 8. The minimum Gasteiger partial charge on any atom is -0.504 e. The first-order valence-electron chi connectivity index (χ1n) is 13.1. The fourth-order valence-electron chi connectivity index (χ4n) is 6.46. The number of amides is 3. The Morgan fingerprint density at radius 2 is 1.66 bits per heavy atom. The topological polar surface area (TPSA) is 137 Å². The van der Waals surface area contributed by atoms with Crippen molar-refractivity contribution in [3.8, 4) is 23.0 Å². The summed E-state index contributed by atoms with van der Waals surface area (Å²) in [6.45, 7) is 0.118. The molecular weight excluding hydrogens is 550 g/mol. The van der Waals surface area contributed by atoms with Gasteiger partial charge in [-0.3, -0.25) is 24.6 Å². The predicted molar refractivity (Wildman–Crippen MR) is 149 cm³/mol. The van der Waals surface area contributed by atoms with Gasteiger partial charge in [0.15, 0.2) is 23.0 Å². The first kappa shape index (κ1) is 26.9. The molecule has 3 aliphatic rings. The maximum atomic E-state index is 14.1. The van der Waals surface area contributed by atoms with Gasteiger partial charge in [0.2, 0.25) is 17.7 Å². The van der Waals surface area contributed by atoms with Gasteiger partial charge in [0, 0.05) is 28.9 Å². The van der Waals surface area contributed by atoms with E-state index >= 15 is 0 Å². The summed E-state index contributed by atoms with van der Waals surface area (Å²) in [6.07, 6.45) is 0.602. The van der Waals surface area contributed by atoms with Crippen LogP contribution in [0.25, 0.3) is 0 Å². The first-order valence-corrected chi connectivity index (χ1v) is 13.5. The predicted octanol–water partition coefficient (Wildman–Crippen LogP) is 2.97. The molecule has 1 spiro atoms. The van der Waals surface area contributed by atoms with Crippen molar-refractivity contribution < 1.29 is 34.1 Å². The van der Waals surface area contributed by atoms with Gasteiger partial charge < -0.3 is 25.0 Å². The molecule has 4 atom stereocenters. The van der Waals surface area contributed by atoms with Crippen LogP contribution >= 0.6 is 11.6 Å². The van der Waals surface area contributed by atoms with Crippen LogP contribution in [-0.4, -0.2) is 59.6 Å². The van der Waals surface area contributed by atoms with Gasteiger partial charge in [-0.05, 0) is 66.4 Å². The van der Waals surface area contributed by atoms with E-state index in [1.807, 2.05) is 6.07 Å². The fourth-order valence-corrected chi connectivity index (χ4v) is 6.63. The van der Waals surface area contributed by atoms with Crippen LogP contribution in [0.2, 0.25) is 5.02 Å². The number of ether oxygens (including phenoxy) is 2. The Balaban J connectivity index is 1.36. The number of hydrogen-bond donors (Lipinski definition) is 4. The van der Waals surface area contributed by atoms with Gasteiger partial charge in [0.25, 0.3) is 0 Å². The van der Waals surface area contributed by atoms with E-state index in [1.54, 1.807) is 43.5 Å². The number of fused-ring (bicyclic) bond motifs is 4. The number of methoxy groups -OCH3 is 2. The smallest absolute Gasteiger partial charge is 0.250 e. The number of phenolic OH excluding ortho intramolecular Hbond substituents is 2. The van der Waals surface area contributed by atoms with Gasteiger partial charge in [-0.1, -0.05) is 23.7 Å². The van der Waals surface area contributed by atoms with Crippen molar-refractivity contribution in [2.75, 3.05) is 26.1 Å². The van der Waals surface area contributed by atoms with E-state index in [0.717, 1.165) is 5.56 Å². The summed E-state index contributed by atoms with van der Waals surface area (Å²) >= 11 is 6.33. The highest BCUT2D eigenvalue weighted by atomic mass is 35.5. The number of nitrogens with zero attached hydrogens (tertiary/aromatic N) is 1. The molecule has 0 aliphatic carbocycles. The van der Waals surface area contributed by atoms with Crippen LogP contribution in [0.3, 0.4) is 0 Å². The number of rotatable bonds is 7. The molecule has 0 aromatic heterocycles. The van der Waals surface area contributed by atoms with Crippen molar-refractivity contribution in [3.63, 3.8) is 0 Å². The average Bonchev–Trinajstić information content (AvgIpc) is 3.53. The molecule has 0 radical (unpaired) electrons. The van der Waals surface area contributed by atoms with Gasteiger partial charge in [-0.25, -0.2) is 0 Å². The number of benzene rings is 3. The molecule has 10 nitrogen and oxygen atoms in total. The maximum Gasteiger partial charge on any atom is 0.250 e. The van der Waals surface area contributed by atoms with Crippen molar-refractivity contribution >= 4 is 35.0 Å². The van der Waals surface area contributed by atoms with E-state index in [-0.39, 0.29) is 30.4 Å². The highest BCUT2D eigenvalue weighted by molar-refractivity contribution is 6.31.